The van der Waals surface area contributed by atoms with Crippen LogP contribution in [0.15, 0.2) is 42.5 Å². The van der Waals surface area contributed by atoms with Crippen molar-refractivity contribution in [3.05, 3.63) is 63.6 Å². The van der Waals surface area contributed by atoms with Gasteiger partial charge in [-0.15, -0.1) is 0 Å². The second kappa shape index (κ2) is 13.0. The van der Waals surface area contributed by atoms with Gasteiger partial charge in [0.1, 0.15) is 0 Å². The standard InChI is InChI=1S/C28H38Cl2N4O/c1-21-5-7-22(8-6-21)23(20-31-28(35)32-26-18-24(29)17-25(30)19-26)9-14-33-15-10-27(11-16-33)34-12-3-2-4-13-34/h5-8,17-19,23,27H,2-4,9-16,20H2,1H3,(H2,31,32,35). The van der Waals surface area contributed by atoms with E-state index in [0.717, 1.165) is 19.0 Å². The molecule has 0 aromatic heterocycles. The van der Waals surface area contributed by atoms with Crippen molar-refractivity contribution < 1.29 is 4.79 Å². The summed E-state index contributed by atoms with van der Waals surface area (Å²) in [4.78, 5) is 17.9. The monoisotopic (exact) mass is 516 g/mol. The van der Waals surface area contributed by atoms with Crippen molar-refractivity contribution in [1.82, 2.24) is 15.1 Å². The molecule has 0 aliphatic carbocycles. The highest BCUT2D eigenvalue weighted by Crippen LogP contribution is 2.25. The van der Waals surface area contributed by atoms with E-state index in [1.807, 2.05) is 0 Å². The molecule has 190 valence electrons. The SMILES string of the molecule is Cc1ccc(C(CCN2CCC(N3CCCCC3)CC2)CNC(=O)Nc2cc(Cl)cc(Cl)c2)cc1. The van der Waals surface area contributed by atoms with Crippen LogP contribution in [0.25, 0.3) is 0 Å². The van der Waals surface area contributed by atoms with Crippen molar-refractivity contribution in [1.29, 1.82) is 0 Å². The molecule has 0 saturated carbocycles. The zero-order chi connectivity index (χ0) is 24.6. The van der Waals surface area contributed by atoms with Crippen molar-refractivity contribution in [2.45, 2.75) is 57.4 Å². The second-order valence-electron chi connectivity index (χ2n) is 10.1. The molecule has 0 bridgehead atoms. The molecule has 1 unspecified atom stereocenters. The molecular weight excluding hydrogens is 479 g/mol. The number of carbonyl (C=O) groups excluding carboxylic acids is 1. The summed E-state index contributed by atoms with van der Waals surface area (Å²) in [6.07, 6.45) is 7.69. The number of nitrogens with one attached hydrogen (secondary N) is 2. The molecule has 0 radical (unpaired) electrons. The van der Waals surface area contributed by atoms with Crippen molar-refractivity contribution >= 4 is 34.9 Å². The topological polar surface area (TPSA) is 47.6 Å². The lowest BCUT2D eigenvalue weighted by atomic mass is 9.93. The van der Waals surface area contributed by atoms with Crippen molar-refractivity contribution in [3.8, 4) is 0 Å². The van der Waals surface area contributed by atoms with E-state index in [1.165, 1.54) is 69.4 Å². The maximum atomic E-state index is 12.6. The number of urea groups is 1. The van der Waals surface area contributed by atoms with Crippen molar-refractivity contribution in [2.24, 2.45) is 0 Å². The molecule has 1 atom stereocenters. The highest BCUT2D eigenvalue weighted by Gasteiger charge is 2.26. The molecule has 2 heterocycles. The first-order chi connectivity index (χ1) is 17.0. The van der Waals surface area contributed by atoms with E-state index in [1.54, 1.807) is 18.2 Å². The first-order valence-corrected chi connectivity index (χ1v) is 13.8. The molecule has 2 saturated heterocycles. The number of hydrogen-bond donors (Lipinski definition) is 2. The van der Waals surface area contributed by atoms with Gasteiger partial charge in [0.2, 0.25) is 0 Å². The van der Waals surface area contributed by atoms with Crippen LogP contribution in [0.4, 0.5) is 10.5 Å². The minimum Gasteiger partial charge on any atom is -0.337 e. The van der Waals surface area contributed by atoms with Crippen LogP contribution in [-0.4, -0.2) is 61.1 Å². The first kappa shape index (κ1) is 26.3. The van der Waals surface area contributed by atoms with Crippen LogP contribution in [0.3, 0.4) is 0 Å². The highest BCUT2D eigenvalue weighted by molar-refractivity contribution is 6.35. The fourth-order valence-corrected chi connectivity index (χ4v) is 5.90. The van der Waals surface area contributed by atoms with Gasteiger partial charge in [-0.3, -0.25) is 0 Å². The smallest absolute Gasteiger partial charge is 0.319 e. The summed E-state index contributed by atoms with van der Waals surface area (Å²) >= 11 is 12.1. The minimum absolute atomic E-state index is 0.247. The van der Waals surface area contributed by atoms with Gasteiger partial charge in [0.05, 0.1) is 0 Å². The zero-order valence-corrected chi connectivity index (χ0v) is 22.3. The van der Waals surface area contributed by atoms with E-state index >= 15 is 0 Å². The number of hydrogen-bond acceptors (Lipinski definition) is 3. The number of piperidine rings is 2. The van der Waals surface area contributed by atoms with Gasteiger partial charge in [0.15, 0.2) is 0 Å². The number of likely N-dealkylation sites (tertiary alicyclic amines) is 2. The third-order valence-electron chi connectivity index (χ3n) is 7.44. The number of carbonyl (C=O) groups is 1. The van der Waals surface area contributed by atoms with Crippen LogP contribution in [-0.2, 0) is 0 Å². The molecular formula is C28H38Cl2N4O. The zero-order valence-electron chi connectivity index (χ0n) is 20.7. The Morgan fingerprint density at radius 1 is 0.971 bits per heavy atom. The summed E-state index contributed by atoms with van der Waals surface area (Å²) in [6.45, 7) is 8.65. The van der Waals surface area contributed by atoms with E-state index in [4.69, 9.17) is 23.2 Å². The van der Waals surface area contributed by atoms with Gasteiger partial charge in [-0.1, -0.05) is 59.5 Å². The largest absolute Gasteiger partial charge is 0.337 e. The van der Waals surface area contributed by atoms with Gasteiger partial charge in [-0.05, 0) is 95.5 Å². The number of aryl methyl sites for hydroxylation is 1. The van der Waals surface area contributed by atoms with Crippen LogP contribution in [0.5, 0.6) is 0 Å². The van der Waals surface area contributed by atoms with Gasteiger partial charge >= 0.3 is 6.03 Å². The van der Waals surface area contributed by atoms with Gasteiger partial charge in [0.25, 0.3) is 0 Å². The minimum atomic E-state index is -0.247. The van der Waals surface area contributed by atoms with Crippen LogP contribution in [0.1, 0.15) is 55.6 Å². The van der Waals surface area contributed by atoms with E-state index in [0.29, 0.717) is 22.3 Å². The molecule has 2 amide bonds. The van der Waals surface area contributed by atoms with Gasteiger partial charge in [-0.2, -0.15) is 0 Å². The van der Waals surface area contributed by atoms with E-state index < -0.39 is 0 Å². The first-order valence-electron chi connectivity index (χ1n) is 13.0. The fraction of sp³-hybridized carbons (Fsp3) is 0.536. The Balaban J connectivity index is 1.29. The Hall–Kier alpha value is -1.79. The van der Waals surface area contributed by atoms with Gasteiger partial charge in [0, 0.05) is 34.2 Å². The Bertz CT molecular complexity index is 934. The third-order valence-corrected chi connectivity index (χ3v) is 7.87. The Morgan fingerprint density at radius 3 is 2.29 bits per heavy atom. The Morgan fingerprint density at radius 2 is 1.63 bits per heavy atom. The maximum absolute atomic E-state index is 12.6. The summed E-state index contributed by atoms with van der Waals surface area (Å²) < 4.78 is 0. The fourth-order valence-electron chi connectivity index (χ4n) is 5.37. The van der Waals surface area contributed by atoms with Crippen LogP contribution < -0.4 is 10.6 Å². The molecule has 2 fully saturated rings. The summed E-state index contributed by atoms with van der Waals surface area (Å²) in [5.74, 6) is 0.254. The van der Waals surface area contributed by atoms with Gasteiger partial charge < -0.3 is 20.4 Å². The molecule has 4 rings (SSSR count). The number of rotatable bonds is 8. The number of nitrogens with zero attached hydrogens (tertiary/aromatic N) is 2. The van der Waals surface area contributed by atoms with Crippen molar-refractivity contribution in [3.63, 3.8) is 0 Å². The summed E-state index contributed by atoms with van der Waals surface area (Å²) in [7, 11) is 0. The molecule has 2 aromatic rings. The quantitative estimate of drug-likeness (QED) is 0.418. The second-order valence-corrected chi connectivity index (χ2v) is 10.9. The number of amides is 2. The average Bonchev–Trinajstić information content (AvgIpc) is 2.85. The highest BCUT2D eigenvalue weighted by atomic mass is 35.5. The third kappa shape index (κ3) is 8.11. The lowest BCUT2D eigenvalue weighted by Crippen LogP contribution is -2.47. The Kier molecular flexibility index (Phi) is 9.73. The predicted molar refractivity (Wildman–Crippen MR) is 147 cm³/mol. The number of anilines is 1. The van der Waals surface area contributed by atoms with Crippen LogP contribution in [0.2, 0.25) is 10.0 Å². The number of halogens is 2. The molecule has 5 nitrogen and oxygen atoms in total. The average molecular weight is 518 g/mol. The molecule has 35 heavy (non-hydrogen) atoms. The van der Waals surface area contributed by atoms with Gasteiger partial charge in [-0.25, -0.2) is 4.79 Å². The normalized spacial score (nSPS) is 18.8. The molecule has 2 aliphatic heterocycles. The molecule has 7 heteroatoms. The van der Waals surface area contributed by atoms with Crippen LogP contribution in [0, 0.1) is 6.92 Å². The molecule has 2 aliphatic rings. The summed E-state index contributed by atoms with van der Waals surface area (Å²) in [5, 5.41) is 6.90. The number of benzene rings is 2. The summed E-state index contributed by atoms with van der Waals surface area (Å²) in [5.41, 5.74) is 3.10. The van der Waals surface area contributed by atoms with Crippen LogP contribution >= 0.6 is 23.2 Å². The lowest BCUT2D eigenvalue weighted by Gasteiger charge is -2.40. The summed E-state index contributed by atoms with van der Waals surface area (Å²) in [6, 6.07) is 14.2. The van der Waals surface area contributed by atoms with Crippen molar-refractivity contribution in [2.75, 3.05) is 44.6 Å². The maximum Gasteiger partial charge on any atom is 0.319 e. The molecule has 2 N–H and O–H groups in total. The molecule has 0 spiro atoms. The molecule has 2 aromatic carbocycles. The lowest BCUT2D eigenvalue weighted by molar-refractivity contribution is 0.0912. The Labute approximate surface area is 220 Å². The predicted octanol–water partition coefficient (Wildman–Crippen LogP) is 6.55. The van der Waals surface area contributed by atoms with E-state index in [-0.39, 0.29) is 11.9 Å². The van der Waals surface area contributed by atoms with E-state index in [2.05, 4.69) is 51.6 Å². The van der Waals surface area contributed by atoms with E-state index in [9.17, 15) is 4.79 Å².